The van der Waals surface area contributed by atoms with Crippen LogP contribution >= 0.6 is 0 Å². The third-order valence-corrected chi connectivity index (χ3v) is 5.68. The first-order valence-electron chi connectivity index (χ1n) is 11.4. The normalized spacial score (nSPS) is 11.6. The molecule has 4 rings (SSSR count). The summed E-state index contributed by atoms with van der Waals surface area (Å²) >= 11 is 0. The Labute approximate surface area is 197 Å². The molecule has 2 aromatic carbocycles. The van der Waals surface area contributed by atoms with E-state index >= 15 is 0 Å². The number of nitrogens with zero attached hydrogens (tertiary/aromatic N) is 2. The summed E-state index contributed by atoms with van der Waals surface area (Å²) in [4.78, 5) is 17.8. The molecule has 2 aromatic heterocycles. The third-order valence-electron chi connectivity index (χ3n) is 5.68. The molecule has 0 spiro atoms. The Morgan fingerprint density at radius 3 is 2.53 bits per heavy atom. The molecule has 0 saturated carbocycles. The summed E-state index contributed by atoms with van der Waals surface area (Å²) in [6, 6.07) is 9.47. The first-order valence-corrected chi connectivity index (χ1v) is 11.4. The first kappa shape index (κ1) is 23.7. The summed E-state index contributed by atoms with van der Waals surface area (Å²) in [6.45, 7) is 8.38. The number of aromatic nitrogens is 2. The van der Waals surface area contributed by atoms with Gasteiger partial charge in [-0.2, -0.15) is 0 Å². The van der Waals surface area contributed by atoms with Gasteiger partial charge in [-0.1, -0.05) is 19.9 Å². The van der Waals surface area contributed by atoms with Crippen molar-refractivity contribution in [1.29, 1.82) is 0 Å². The van der Waals surface area contributed by atoms with Gasteiger partial charge in [0, 0.05) is 29.1 Å². The number of hydrogen-bond donors (Lipinski definition) is 0. The first-order chi connectivity index (χ1) is 16.2. The standard InChI is InChI=1S/C27H28F2N2O3/c1-16(2)27-26(24(32)10-6-18-5-9-21(28)22(29)13-18)20-8-7-19(34-17(3)4)14-23(20)31(27)15-25-30-11-12-33-25/h5,7-9,11-14,16-17H,6,10,15H2,1-4H3. The molecule has 0 radical (unpaired) electrons. The van der Waals surface area contributed by atoms with Crippen LogP contribution in [0.15, 0.2) is 53.3 Å². The van der Waals surface area contributed by atoms with Crippen LogP contribution in [0.5, 0.6) is 5.75 Å². The number of Topliss-reactive ketones (excluding diaryl/α,β-unsaturated/α-hetero) is 1. The van der Waals surface area contributed by atoms with E-state index in [0.29, 0.717) is 35.7 Å². The topological polar surface area (TPSA) is 57.3 Å². The molecule has 7 heteroatoms. The number of fused-ring (bicyclic) bond motifs is 1. The van der Waals surface area contributed by atoms with Gasteiger partial charge in [0.25, 0.3) is 0 Å². The summed E-state index contributed by atoms with van der Waals surface area (Å²) in [5.74, 6) is -0.570. The fraction of sp³-hybridized carbons (Fsp3) is 0.333. The summed E-state index contributed by atoms with van der Waals surface area (Å²) in [5, 5.41) is 0.821. The highest BCUT2D eigenvalue weighted by molar-refractivity contribution is 6.10. The molecule has 2 heterocycles. The highest BCUT2D eigenvalue weighted by atomic mass is 19.2. The van der Waals surface area contributed by atoms with Crippen LogP contribution in [0.2, 0.25) is 0 Å². The second-order valence-corrected chi connectivity index (χ2v) is 8.94. The van der Waals surface area contributed by atoms with Crippen molar-refractivity contribution in [2.45, 2.75) is 59.1 Å². The molecule has 0 atom stereocenters. The lowest BCUT2D eigenvalue weighted by molar-refractivity contribution is 0.0982. The SMILES string of the molecule is CC(C)Oc1ccc2c(C(=O)CCc3ccc(F)c(F)c3)c(C(C)C)n(Cc3ncco3)c2c1. The maximum Gasteiger partial charge on any atom is 0.213 e. The van der Waals surface area contributed by atoms with Crippen molar-refractivity contribution in [3.8, 4) is 5.75 Å². The van der Waals surface area contributed by atoms with Gasteiger partial charge in [0.05, 0.1) is 24.4 Å². The second-order valence-electron chi connectivity index (χ2n) is 8.94. The molecular weight excluding hydrogens is 438 g/mol. The number of aryl methyl sites for hydroxylation is 1. The van der Waals surface area contributed by atoms with Gasteiger partial charge in [-0.25, -0.2) is 13.8 Å². The number of halogens is 2. The molecule has 34 heavy (non-hydrogen) atoms. The van der Waals surface area contributed by atoms with Gasteiger partial charge in [-0.05, 0) is 56.0 Å². The molecule has 5 nitrogen and oxygen atoms in total. The van der Waals surface area contributed by atoms with Crippen LogP contribution < -0.4 is 4.74 Å². The van der Waals surface area contributed by atoms with Crippen LogP contribution in [0.1, 0.15) is 67.5 Å². The average molecular weight is 467 g/mol. The zero-order valence-corrected chi connectivity index (χ0v) is 19.8. The van der Waals surface area contributed by atoms with E-state index in [4.69, 9.17) is 9.15 Å². The second kappa shape index (κ2) is 9.79. The quantitative estimate of drug-likeness (QED) is 0.258. The van der Waals surface area contributed by atoms with Crippen LogP contribution in [-0.2, 0) is 13.0 Å². The van der Waals surface area contributed by atoms with Crippen molar-refractivity contribution in [3.63, 3.8) is 0 Å². The lowest BCUT2D eigenvalue weighted by Crippen LogP contribution is -2.11. The van der Waals surface area contributed by atoms with E-state index in [1.807, 2.05) is 45.9 Å². The van der Waals surface area contributed by atoms with E-state index in [-0.39, 0.29) is 24.2 Å². The summed E-state index contributed by atoms with van der Waals surface area (Å²) in [7, 11) is 0. The van der Waals surface area contributed by atoms with E-state index in [1.165, 1.54) is 12.3 Å². The summed E-state index contributed by atoms with van der Waals surface area (Å²) in [5.41, 5.74) is 2.95. The molecular formula is C27H28F2N2O3. The molecule has 0 saturated heterocycles. The number of benzene rings is 2. The van der Waals surface area contributed by atoms with Crippen molar-refractivity contribution in [2.24, 2.45) is 0 Å². The number of oxazole rings is 1. The van der Waals surface area contributed by atoms with Gasteiger partial charge in [-0.3, -0.25) is 4.79 Å². The van der Waals surface area contributed by atoms with Gasteiger partial charge in [0.1, 0.15) is 12.0 Å². The van der Waals surface area contributed by atoms with Crippen LogP contribution in [0.4, 0.5) is 8.78 Å². The van der Waals surface area contributed by atoms with Crippen LogP contribution in [-0.4, -0.2) is 21.4 Å². The average Bonchev–Trinajstić information content (AvgIpc) is 3.40. The van der Waals surface area contributed by atoms with Crippen LogP contribution in [0.25, 0.3) is 10.9 Å². The predicted octanol–water partition coefficient (Wildman–Crippen LogP) is 6.68. The van der Waals surface area contributed by atoms with Gasteiger partial charge in [0.2, 0.25) is 5.89 Å². The van der Waals surface area contributed by atoms with Crippen molar-refractivity contribution in [1.82, 2.24) is 9.55 Å². The maximum absolute atomic E-state index is 13.6. The monoisotopic (exact) mass is 466 g/mol. The minimum absolute atomic E-state index is 0.00868. The van der Waals surface area contributed by atoms with E-state index in [2.05, 4.69) is 9.55 Å². The lowest BCUT2D eigenvalue weighted by atomic mass is 9.96. The highest BCUT2D eigenvalue weighted by Crippen LogP contribution is 2.35. The molecule has 0 bridgehead atoms. The van der Waals surface area contributed by atoms with Crippen LogP contribution in [0, 0.1) is 11.6 Å². The highest BCUT2D eigenvalue weighted by Gasteiger charge is 2.25. The van der Waals surface area contributed by atoms with Gasteiger partial charge in [0.15, 0.2) is 17.4 Å². The Morgan fingerprint density at radius 2 is 1.88 bits per heavy atom. The largest absolute Gasteiger partial charge is 0.491 e. The fourth-order valence-electron chi connectivity index (χ4n) is 4.30. The number of carbonyl (C=O) groups excluding carboxylic acids is 1. The van der Waals surface area contributed by atoms with Crippen LogP contribution in [0.3, 0.4) is 0 Å². The molecule has 0 fully saturated rings. The third kappa shape index (κ3) is 4.88. The van der Waals surface area contributed by atoms with Gasteiger partial charge < -0.3 is 13.7 Å². The zero-order valence-electron chi connectivity index (χ0n) is 19.8. The number of rotatable bonds is 9. The Balaban J connectivity index is 1.78. The molecule has 0 aliphatic rings. The van der Waals surface area contributed by atoms with Crippen molar-refractivity contribution >= 4 is 16.7 Å². The number of ketones is 1. The molecule has 0 aliphatic heterocycles. The molecule has 0 amide bonds. The Bertz CT molecular complexity index is 1310. The Kier molecular flexibility index (Phi) is 6.82. The van der Waals surface area contributed by atoms with E-state index in [0.717, 1.165) is 28.7 Å². The molecule has 0 unspecified atom stereocenters. The maximum atomic E-state index is 13.6. The lowest BCUT2D eigenvalue weighted by Gasteiger charge is -2.14. The molecule has 4 aromatic rings. The smallest absolute Gasteiger partial charge is 0.213 e. The number of carbonyl (C=O) groups is 1. The van der Waals surface area contributed by atoms with Crippen molar-refractivity contribution in [3.05, 3.63) is 83.2 Å². The zero-order chi connectivity index (χ0) is 24.4. The Morgan fingerprint density at radius 1 is 1.09 bits per heavy atom. The summed E-state index contributed by atoms with van der Waals surface area (Å²) in [6.07, 6.45) is 3.62. The van der Waals surface area contributed by atoms with Crippen molar-refractivity contribution in [2.75, 3.05) is 0 Å². The molecule has 0 aliphatic carbocycles. The van der Waals surface area contributed by atoms with Crippen molar-refractivity contribution < 1.29 is 22.7 Å². The minimum atomic E-state index is -0.909. The predicted molar refractivity (Wildman–Crippen MR) is 126 cm³/mol. The molecule has 178 valence electrons. The summed E-state index contributed by atoms with van der Waals surface area (Å²) < 4.78 is 40.4. The van der Waals surface area contributed by atoms with E-state index in [9.17, 15) is 13.6 Å². The fourth-order valence-corrected chi connectivity index (χ4v) is 4.30. The van der Waals surface area contributed by atoms with E-state index in [1.54, 1.807) is 6.20 Å². The minimum Gasteiger partial charge on any atom is -0.491 e. The van der Waals surface area contributed by atoms with Gasteiger partial charge >= 0.3 is 0 Å². The Hall–Kier alpha value is -3.48. The number of hydrogen-bond acceptors (Lipinski definition) is 4. The van der Waals surface area contributed by atoms with Gasteiger partial charge in [-0.15, -0.1) is 0 Å². The van der Waals surface area contributed by atoms with E-state index < -0.39 is 11.6 Å². The molecule has 0 N–H and O–H groups in total. The number of ether oxygens (including phenoxy) is 1.